The molecule has 5 heteroatoms. The van der Waals surface area contributed by atoms with E-state index in [0.29, 0.717) is 11.4 Å². The molecule has 5 nitrogen and oxygen atoms in total. The third-order valence-corrected chi connectivity index (χ3v) is 4.12. The summed E-state index contributed by atoms with van der Waals surface area (Å²) in [4.78, 5) is 16.5. The van der Waals surface area contributed by atoms with Gasteiger partial charge in [0.25, 0.3) is 0 Å². The zero-order chi connectivity index (χ0) is 17.8. The first-order valence-electron chi connectivity index (χ1n) is 8.00. The van der Waals surface area contributed by atoms with Crippen LogP contribution in [0.4, 0.5) is 10.5 Å². The Bertz CT molecular complexity index is 917. The maximum absolute atomic E-state index is 12.2. The molecule has 1 amide bonds. The zero-order valence-corrected chi connectivity index (χ0v) is 14.5. The first-order chi connectivity index (χ1) is 12.1. The Morgan fingerprint density at radius 1 is 1.12 bits per heavy atom. The summed E-state index contributed by atoms with van der Waals surface area (Å²) in [5.41, 5.74) is 3.22. The van der Waals surface area contributed by atoms with Crippen LogP contribution in [0.15, 0.2) is 48.7 Å². The Morgan fingerprint density at radius 3 is 2.68 bits per heavy atom. The van der Waals surface area contributed by atoms with Crippen LogP contribution in [-0.2, 0) is 11.3 Å². The highest BCUT2D eigenvalue weighted by atomic mass is 16.5. The van der Waals surface area contributed by atoms with E-state index in [1.54, 1.807) is 13.3 Å². The van der Waals surface area contributed by atoms with Gasteiger partial charge in [-0.1, -0.05) is 36.4 Å². The van der Waals surface area contributed by atoms with Gasteiger partial charge in [-0.2, -0.15) is 0 Å². The van der Waals surface area contributed by atoms with E-state index in [2.05, 4.69) is 10.3 Å². The number of anilines is 1. The highest BCUT2D eigenvalue weighted by molar-refractivity contribution is 6.00. The first kappa shape index (κ1) is 16.8. The van der Waals surface area contributed by atoms with Gasteiger partial charge >= 0.3 is 6.09 Å². The highest BCUT2D eigenvalue weighted by Gasteiger charge is 2.12. The molecule has 0 aliphatic rings. The Labute approximate surface area is 146 Å². The van der Waals surface area contributed by atoms with Crippen molar-refractivity contribution in [2.75, 3.05) is 12.4 Å². The van der Waals surface area contributed by atoms with Gasteiger partial charge in [0, 0.05) is 22.7 Å². The van der Waals surface area contributed by atoms with Gasteiger partial charge in [-0.05, 0) is 25.3 Å². The summed E-state index contributed by atoms with van der Waals surface area (Å²) in [5, 5.41) is 4.82. The van der Waals surface area contributed by atoms with Crippen LogP contribution in [0.1, 0.15) is 16.8 Å². The van der Waals surface area contributed by atoms with Gasteiger partial charge in [-0.3, -0.25) is 10.3 Å². The quantitative estimate of drug-likeness (QED) is 0.756. The number of nitrogens with zero attached hydrogens (tertiary/aromatic N) is 1. The van der Waals surface area contributed by atoms with Crippen molar-refractivity contribution in [3.05, 3.63) is 65.5 Å². The Hall–Kier alpha value is -3.08. The predicted molar refractivity (Wildman–Crippen MR) is 98.0 cm³/mol. The average molecular weight is 336 g/mol. The number of carbonyl (C=O) groups is 1. The maximum atomic E-state index is 12.2. The van der Waals surface area contributed by atoms with Gasteiger partial charge in [-0.15, -0.1) is 0 Å². The standard InChI is InChI=1S/C20H20N2O3/c1-13-11-21-18(14(2)19(13)24-3)12-25-20(23)22-17-10-6-8-15-7-4-5-9-16(15)17/h4-11H,12H2,1-3H3,(H,22,23). The number of ether oxygens (including phenoxy) is 2. The topological polar surface area (TPSA) is 60.5 Å². The van der Waals surface area contributed by atoms with Crippen molar-refractivity contribution in [3.8, 4) is 5.75 Å². The molecule has 25 heavy (non-hydrogen) atoms. The number of pyridine rings is 1. The molecule has 3 aromatic rings. The minimum atomic E-state index is -0.517. The molecule has 0 saturated carbocycles. The van der Waals surface area contributed by atoms with E-state index in [4.69, 9.17) is 9.47 Å². The van der Waals surface area contributed by atoms with E-state index in [-0.39, 0.29) is 6.61 Å². The summed E-state index contributed by atoms with van der Waals surface area (Å²) in [5.74, 6) is 0.767. The van der Waals surface area contributed by atoms with Crippen LogP contribution in [0.2, 0.25) is 0 Å². The van der Waals surface area contributed by atoms with E-state index in [1.165, 1.54) is 0 Å². The first-order valence-corrected chi connectivity index (χ1v) is 8.00. The number of aryl methyl sites for hydroxylation is 1. The molecule has 0 bridgehead atoms. The number of benzene rings is 2. The summed E-state index contributed by atoms with van der Waals surface area (Å²) < 4.78 is 10.7. The number of methoxy groups -OCH3 is 1. The number of carbonyl (C=O) groups excluding carboxylic acids is 1. The van der Waals surface area contributed by atoms with Crippen molar-refractivity contribution in [1.82, 2.24) is 4.98 Å². The molecule has 0 spiro atoms. The molecule has 0 aliphatic carbocycles. The van der Waals surface area contributed by atoms with Crippen LogP contribution in [0, 0.1) is 13.8 Å². The smallest absolute Gasteiger partial charge is 0.412 e. The Morgan fingerprint density at radius 2 is 1.88 bits per heavy atom. The molecule has 1 aromatic heterocycles. The second kappa shape index (κ2) is 7.21. The molecule has 0 unspecified atom stereocenters. The van der Waals surface area contributed by atoms with E-state index in [9.17, 15) is 4.79 Å². The highest BCUT2D eigenvalue weighted by Crippen LogP contribution is 2.25. The van der Waals surface area contributed by atoms with E-state index in [1.807, 2.05) is 56.3 Å². The lowest BCUT2D eigenvalue weighted by Gasteiger charge is -2.13. The van der Waals surface area contributed by atoms with Crippen molar-refractivity contribution >= 4 is 22.6 Å². The molecule has 0 radical (unpaired) electrons. The minimum Gasteiger partial charge on any atom is -0.496 e. The monoisotopic (exact) mass is 336 g/mol. The fourth-order valence-electron chi connectivity index (χ4n) is 2.83. The molecular weight excluding hydrogens is 316 g/mol. The lowest BCUT2D eigenvalue weighted by molar-refractivity contribution is 0.153. The number of fused-ring (bicyclic) bond motifs is 1. The number of aromatic nitrogens is 1. The van der Waals surface area contributed by atoms with E-state index >= 15 is 0 Å². The number of amides is 1. The summed E-state index contributed by atoms with van der Waals surface area (Å²) in [6, 6.07) is 13.6. The fraction of sp³-hybridized carbons (Fsp3) is 0.200. The molecule has 1 N–H and O–H groups in total. The molecule has 2 aromatic carbocycles. The van der Waals surface area contributed by atoms with Gasteiger partial charge < -0.3 is 9.47 Å². The molecule has 128 valence electrons. The van der Waals surface area contributed by atoms with Crippen molar-refractivity contribution in [2.24, 2.45) is 0 Å². The van der Waals surface area contributed by atoms with Gasteiger partial charge in [-0.25, -0.2) is 4.79 Å². The normalized spacial score (nSPS) is 10.5. The second-order valence-corrected chi connectivity index (χ2v) is 5.77. The van der Waals surface area contributed by atoms with Gasteiger partial charge in [0.15, 0.2) is 0 Å². The van der Waals surface area contributed by atoms with Crippen LogP contribution in [-0.4, -0.2) is 18.2 Å². The SMILES string of the molecule is COc1c(C)cnc(COC(=O)Nc2cccc3ccccc23)c1C. The predicted octanol–water partition coefficient (Wildman–Crippen LogP) is 4.61. The third-order valence-electron chi connectivity index (χ3n) is 4.12. The van der Waals surface area contributed by atoms with Crippen molar-refractivity contribution < 1.29 is 14.3 Å². The molecule has 1 heterocycles. The van der Waals surface area contributed by atoms with Crippen LogP contribution >= 0.6 is 0 Å². The molecule has 0 aliphatic heterocycles. The van der Waals surface area contributed by atoms with Crippen LogP contribution in [0.25, 0.3) is 10.8 Å². The lowest BCUT2D eigenvalue weighted by atomic mass is 10.1. The molecule has 0 fully saturated rings. The molecule has 3 rings (SSSR count). The van der Waals surface area contributed by atoms with Crippen molar-refractivity contribution in [2.45, 2.75) is 20.5 Å². The summed E-state index contributed by atoms with van der Waals surface area (Å²) in [6.07, 6.45) is 1.20. The zero-order valence-electron chi connectivity index (χ0n) is 14.5. The lowest BCUT2D eigenvalue weighted by Crippen LogP contribution is -2.15. The maximum Gasteiger partial charge on any atom is 0.412 e. The van der Waals surface area contributed by atoms with E-state index in [0.717, 1.165) is 27.6 Å². The summed E-state index contributed by atoms with van der Waals surface area (Å²) in [6.45, 7) is 3.91. The van der Waals surface area contributed by atoms with Gasteiger partial charge in [0.05, 0.1) is 18.5 Å². The summed E-state index contributed by atoms with van der Waals surface area (Å²) in [7, 11) is 1.62. The number of hydrogen-bond acceptors (Lipinski definition) is 4. The Balaban J connectivity index is 1.71. The number of rotatable bonds is 4. The van der Waals surface area contributed by atoms with Crippen molar-refractivity contribution in [3.63, 3.8) is 0 Å². The Kier molecular flexibility index (Phi) is 4.84. The third kappa shape index (κ3) is 3.55. The van der Waals surface area contributed by atoms with E-state index < -0.39 is 6.09 Å². The van der Waals surface area contributed by atoms with Crippen LogP contribution in [0.3, 0.4) is 0 Å². The molecular formula is C20H20N2O3. The molecule has 0 atom stereocenters. The average Bonchev–Trinajstić information content (AvgIpc) is 2.62. The molecule has 0 saturated heterocycles. The van der Waals surface area contributed by atoms with Crippen LogP contribution in [0.5, 0.6) is 5.75 Å². The van der Waals surface area contributed by atoms with Crippen molar-refractivity contribution in [1.29, 1.82) is 0 Å². The second-order valence-electron chi connectivity index (χ2n) is 5.77. The van der Waals surface area contributed by atoms with Gasteiger partial charge in [0.1, 0.15) is 12.4 Å². The number of nitrogens with one attached hydrogen (secondary N) is 1. The van der Waals surface area contributed by atoms with Gasteiger partial charge in [0.2, 0.25) is 0 Å². The minimum absolute atomic E-state index is 0.0824. The fourth-order valence-corrected chi connectivity index (χ4v) is 2.83. The summed E-state index contributed by atoms with van der Waals surface area (Å²) >= 11 is 0. The largest absolute Gasteiger partial charge is 0.496 e. The van der Waals surface area contributed by atoms with Crippen LogP contribution < -0.4 is 10.1 Å². The number of hydrogen-bond donors (Lipinski definition) is 1.